The molecule has 0 aromatic rings. The highest BCUT2D eigenvalue weighted by molar-refractivity contribution is 5.75. The summed E-state index contributed by atoms with van der Waals surface area (Å²) in [4.78, 5) is 19.4. The van der Waals surface area contributed by atoms with Gasteiger partial charge in [0.15, 0.2) is 13.2 Å². The maximum absolute atomic E-state index is 11.2. The van der Waals surface area contributed by atoms with Crippen LogP contribution < -0.4 is 0 Å². The molecule has 0 saturated carbocycles. The van der Waals surface area contributed by atoms with E-state index in [0.717, 1.165) is 0 Å². The first kappa shape index (κ1) is 23.4. The Balaban J connectivity index is 0. The van der Waals surface area contributed by atoms with E-state index < -0.39 is 50.1 Å². The fourth-order valence-electron chi connectivity index (χ4n) is 0.450. The summed E-state index contributed by atoms with van der Waals surface area (Å²) >= 11 is 0. The number of esters is 2. The van der Waals surface area contributed by atoms with Gasteiger partial charge in [-0.3, -0.25) is 0 Å². The van der Waals surface area contributed by atoms with Gasteiger partial charge in [0.1, 0.15) is 0 Å². The Labute approximate surface area is 119 Å². The summed E-state index contributed by atoms with van der Waals surface area (Å²) in [5.41, 5.74) is 0. The van der Waals surface area contributed by atoms with Crippen molar-refractivity contribution in [2.24, 2.45) is 0 Å². The molecule has 4 nitrogen and oxygen atoms in total. The third-order valence-electron chi connectivity index (χ3n) is 1.17. The number of rotatable bonds is 3. The van der Waals surface area contributed by atoms with Crippen molar-refractivity contribution >= 4 is 11.9 Å². The Morgan fingerprint density at radius 1 is 0.739 bits per heavy atom. The number of hydrogen-bond acceptors (Lipinski definition) is 4. The van der Waals surface area contributed by atoms with E-state index in [1.807, 2.05) is 0 Å². The fourth-order valence-corrected chi connectivity index (χ4v) is 0.450. The van der Waals surface area contributed by atoms with E-state index in [9.17, 15) is 57.9 Å². The Bertz CT molecular complexity index is 381. The average molecular weight is 374 g/mol. The topological polar surface area (TPSA) is 52.6 Å². The molecule has 0 atom stereocenters. The number of ether oxygens (including phenoxy) is 2. The predicted octanol–water partition coefficient (Wildman–Crippen LogP) is 3.01. The van der Waals surface area contributed by atoms with Gasteiger partial charge in [-0.25, -0.2) is 18.4 Å². The molecule has 0 radical (unpaired) electrons. The lowest BCUT2D eigenvalue weighted by molar-refractivity contribution is -0.221. The quantitative estimate of drug-likeness (QED) is 0.563. The normalized spacial score (nSPS) is 12.3. The van der Waals surface area contributed by atoms with Crippen LogP contribution in [0.4, 0.5) is 48.3 Å². The largest absolute Gasteiger partial charge is 0.490 e. The van der Waals surface area contributed by atoms with Crippen LogP contribution in [-0.2, 0) is 19.1 Å². The number of carbonyl (C=O) groups excluding carboxylic acids is 2. The summed E-state index contributed by atoms with van der Waals surface area (Å²) in [6, 6.07) is 0. The molecular weight excluding hydrogens is 369 g/mol. The van der Waals surface area contributed by atoms with Gasteiger partial charge in [-0.1, -0.05) is 0 Å². The molecule has 0 unspecified atom stereocenters. The van der Waals surface area contributed by atoms with Crippen molar-refractivity contribution < 1.29 is 67.4 Å². The second kappa shape index (κ2) is 8.71. The van der Waals surface area contributed by atoms with Crippen LogP contribution in [-0.4, -0.2) is 50.1 Å². The molecule has 0 bridgehead atoms. The molecule has 0 amide bonds. The Hall–Kier alpha value is -1.83. The summed E-state index contributed by atoms with van der Waals surface area (Å²) in [5, 5.41) is 0. The first-order valence-electron chi connectivity index (χ1n) is 4.79. The predicted molar refractivity (Wildman–Crippen MR) is 46.1 cm³/mol. The number of hydrogen-bond donors (Lipinski definition) is 0. The highest BCUT2D eigenvalue weighted by atomic mass is 19.4. The maximum Gasteiger partial charge on any atom is 0.490 e. The molecule has 0 aliphatic heterocycles. The molecule has 0 rings (SSSR count). The average Bonchev–Trinajstić information content (AvgIpc) is 2.30. The molecule has 0 fully saturated rings. The first-order valence-corrected chi connectivity index (χ1v) is 4.79. The van der Waals surface area contributed by atoms with E-state index in [4.69, 9.17) is 0 Å². The van der Waals surface area contributed by atoms with Crippen LogP contribution in [0.5, 0.6) is 0 Å². The molecule has 0 aliphatic rings. The smallest absolute Gasteiger partial charge is 0.453 e. The van der Waals surface area contributed by atoms with Gasteiger partial charge in [-0.2, -0.15) is 39.5 Å². The molecule has 0 aliphatic carbocycles. The van der Waals surface area contributed by atoms with Crippen LogP contribution in [0.15, 0.2) is 0 Å². The van der Waals surface area contributed by atoms with E-state index in [2.05, 4.69) is 9.47 Å². The second-order valence-corrected chi connectivity index (χ2v) is 3.18. The van der Waals surface area contributed by atoms with E-state index in [0.29, 0.717) is 0 Å². The van der Waals surface area contributed by atoms with Crippen molar-refractivity contribution in [2.75, 3.05) is 13.2 Å². The number of alkyl halides is 11. The molecule has 138 valence electrons. The molecule has 23 heavy (non-hydrogen) atoms. The van der Waals surface area contributed by atoms with Gasteiger partial charge >= 0.3 is 30.5 Å². The highest BCUT2D eigenvalue weighted by Crippen LogP contribution is 2.20. The van der Waals surface area contributed by atoms with Crippen LogP contribution in [0.3, 0.4) is 0 Å². The fraction of sp³-hybridized carbons (Fsp3) is 0.750. The highest BCUT2D eigenvalue weighted by Gasteiger charge is 2.43. The first-order chi connectivity index (χ1) is 9.97. The minimum absolute atomic E-state index is 1.53. The van der Waals surface area contributed by atoms with Crippen molar-refractivity contribution in [1.82, 2.24) is 0 Å². The molecule has 0 heterocycles. The third kappa shape index (κ3) is 14.9. The Kier molecular flexibility index (Phi) is 8.88. The van der Waals surface area contributed by atoms with E-state index >= 15 is 0 Å². The van der Waals surface area contributed by atoms with Gasteiger partial charge in [-0.15, -0.1) is 0 Å². The van der Waals surface area contributed by atoms with Crippen molar-refractivity contribution in [3.8, 4) is 0 Å². The molecule has 0 aromatic carbocycles. The van der Waals surface area contributed by atoms with Gasteiger partial charge in [0.2, 0.25) is 0 Å². The Morgan fingerprint density at radius 2 is 1.09 bits per heavy atom. The number of halogens is 11. The second-order valence-electron chi connectivity index (χ2n) is 3.18. The van der Waals surface area contributed by atoms with Crippen LogP contribution in [0.2, 0.25) is 0 Å². The van der Waals surface area contributed by atoms with Crippen molar-refractivity contribution in [3.05, 3.63) is 0 Å². The lowest BCUT2D eigenvalue weighted by Gasteiger charge is -2.08. The van der Waals surface area contributed by atoms with E-state index in [1.54, 1.807) is 0 Å². The van der Waals surface area contributed by atoms with Gasteiger partial charge in [0.25, 0.3) is 6.43 Å². The standard InChI is InChI=1S/C4H2F6O2.C4H3F5O2/c5-3(6,7)1-12-2(11)4(8,9)10;5-2(6)1-11-3(10)4(7,8)9/h1H2;2H,1H2. The molecule has 15 heteroatoms. The molecule has 0 saturated heterocycles. The van der Waals surface area contributed by atoms with E-state index in [1.165, 1.54) is 0 Å². The van der Waals surface area contributed by atoms with Gasteiger partial charge in [0.05, 0.1) is 0 Å². The van der Waals surface area contributed by atoms with Gasteiger partial charge in [-0.05, 0) is 0 Å². The summed E-state index contributed by atoms with van der Waals surface area (Å²) in [6.45, 7) is -3.76. The van der Waals surface area contributed by atoms with Crippen LogP contribution >= 0.6 is 0 Å². The van der Waals surface area contributed by atoms with Crippen LogP contribution in [0, 0.1) is 0 Å². The minimum Gasteiger partial charge on any atom is -0.453 e. The zero-order valence-electron chi connectivity index (χ0n) is 10.3. The summed E-state index contributed by atoms with van der Waals surface area (Å²) in [5.74, 6) is -5.45. The third-order valence-corrected chi connectivity index (χ3v) is 1.17. The minimum atomic E-state index is -5.38. The molecular formula is C8H5F11O4. The number of carbonyl (C=O) groups is 2. The molecule has 0 aromatic heterocycles. The lowest BCUT2D eigenvalue weighted by Crippen LogP contribution is -2.29. The Morgan fingerprint density at radius 3 is 1.35 bits per heavy atom. The lowest BCUT2D eigenvalue weighted by atomic mass is 10.6. The summed E-state index contributed by atoms with van der Waals surface area (Å²) in [7, 11) is 0. The van der Waals surface area contributed by atoms with E-state index in [-0.39, 0.29) is 0 Å². The molecule has 0 N–H and O–H groups in total. The monoisotopic (exact) mass is 374 g/mol. The zero-order valence-corrected chi connectivity index (χ0v) is 10.3. The summed E-state index contributed by atoms with van der Waals surface area (Å²) < 4.78 is 129. The maximum atomic E-state index is 11.2. The molecule has 0 spiro atoms. The van der Waals surface area contributed by atoms with Crippen LogP contribution in [0.1, 0.15) is 0 Å². The van der Waals surface area contributed by atoms with Gasteiger partial charge in [0, 0.05) is 0 Å². The van der Waals surface area contributed by atoms with Crippen LogP contribution in [0.25, 0.3) is 0 Å². The van der Waals surface area contributed by atoms with Crippen molar-refractivity contribution in [1.29, 1.82) is 0 Å². The van der Waals surface area contributed by atoms with Gasteiger partial charge < -0.3 is 9.47 Å². The SMILES string of the molecule is O=C(OCC(F)(F)F)C(F)(F)F.O=C(OCC(F)F)C(F)(F)F. The zero-order chi connectivity index (χ0) is 19.1. The van der Waals surface area contributed by atoms with Crippen molar-refractivity contribution in [2.45, 2.75) is 25.0 Å². The summed E-state index contributed by atoms with van der Waals surface area (Å²) in [6.07, 6.45) is -18.6. The van der Waals surface area contributed by atoms with Crippen molar-refractivity contribution in [3.63, 3.8) is 0 Å².